The molecule has 0 fully saturated rings. The molecule has 27 heavy (non-hydrogen) atoms. The molecule has 0 bridgehead atoms. The number of hydrogen-bond acceptors (Lipinski definition) is 3. The van der Waals surface area contributed by atoms with Gasteiger partial charge in [-0.2, -0.15) is 0 Å². The maximum Gasteiger partial charge on any atom is 0.258 e. The number of amides is 1. The van der Waals surface area contributed by atoms with Crippen LogP contribution in [0.4, 0.5) is 8.78 Å². The predicted molar refractivity (Wildman–Crippen MR) is 96.6 cm³/mol. The monoisotopic (exact) mass is 368 g/mol. The van der Waals surface area contributed by atoms with Crippen molar-refractivity contribution in [3.63, 3.8) is 0 Å². The summed E-state index contributed by atoms with van der Waals surface area (Å²) >= 11 is 0. The molecule has 6 heteroatoms. The topological polar surface area (TPSA) is 58.6 Å². The van der Waals surface area contributed by atoms with Crippen molar-refractivity contribution in [1.82, 2.24) is 5.32 Å². The van der Waals surface area contributed by atoms with Gasteiger partial charge >= 0.3 is 0 Å². The van der Waals surface area contributed by atoms with Gasteiger partial charge in [-0.1, -0.05) is 18.2 Å². The SMILES string of the molecule is [CH2]c1ccc(CNC(=O)c2c(O)cccc2F)cc1Oc1ccc(F)cc1. The van der Waals surface area contributed by atoms with Gasteiger partial charge in [0.1, 0.15) is 34.4 Å². The van der Waals surface area contributed by atoms with Gasteiger partial charge in [0.05, 0.1) is 0 Å². The highest BCUT2D eigenvalue weighted by molar-refractivity contribution is 5.97. The lowest BCUT2D eigenvalue weighted by atomic mass is 10.1. The molecule has 1 radical (unpaired) electrons. The second-order valence-corrected chi connectivity index (χ2v) is 5.81. The number of phenols is 1. The standard InChI is InChI=1S/C21H16F2NO3/c1-13-5-6-14(11-19(13)27-16-9-7-15(22)8-10-16)12-24-21(26)20-17(23)3-2-4-18(20)25/h2-11,25H,1,12H2,(H,24,26). The Morgan fingerprint density at radius 3 is 2.52 bits per heavy atom. The molecule has 137 valence electrons. The number of rotatable bonds is 5. The van der Waals surface area contributed by atoms with Crippen LogP contribution in [-0.2, 0) is 6.54 Å². The fraction of sp³-hybridized carbons (Fsp3) is 0.0476. The molecule has 3 aromatic carbocycles. The van der Waals surface area contributed by atoms with Gasteiger partial charge in [-0.25, -0.2) is 8.78 Å². The van der Waals surface area contributed by atoms with Crippen molar-refractivity contribution in [3.05, 3.63) is 95.9 Å². The van der Waals surface area contributed by atoms with Crippen LogP contribution in [0.5, 0.6) is 17.2 Å². The Morgan fingerprint density at radius 1 is 1.07 bits per heavy atom. The van der Waals surface area contributed by atoms with E-state index in [9.17, 15) is 18.7 Å². The van der Waals surface area contributed by atoms with Gasteiger partial charge in [-0.3, -0.25) is 4.79 Å². The van der Waals surface area contributed by atoms with Crippen molar-refractivity contribution in [2.24, 2.45) is 0 Å². The first kappa shape index (κ1) is 18.4. The second-order valence-electron chi connectivity index (χ2n) is 5.81. The van der Waals surface area contributed by atoms with Crippen molar-refractivity contribution < 1.29 is 23.4 Å². The molecule has 0 aliphatic carbocycles. The summed E-state index contributed by atoms with van der Waals surface area (Å²) in [7, 11) is 0. The molecule has 0 unspecified atom stereocenters. The molecule has 0 saturated carbocycles. The number of ether oxygens (including phenoxy) is 1. The largest absolute Gasteiger partial charge is 0.507 e. The van der Waals surface area contributed by atoms with Gasteiger partial charge in [-0.15, -0.1) is 0 Å². The molecule has 1 amide bonds. The lowest BCUT2D eigenvalue weighted by molar-refractivity contribution is 0.0944. The van der Waals surface area contributed by atoms with E-state index in [-0.39, 0.29) is 12.4 Å². The van der Waals surface area contributed by atoms with Gasteiger partial charge in [0, 0.05) is 6.54 Å². The molecule has 0 aliphatic rings. The number of phenolic OH excluding ortho intramolecular Hbond substituents is 1. The number of carbonyl (C=O) groups is 1. The van der Waals surface area contributed by atoms with Gasteiger partial charge in [0.2, 0.25) is 0 Å². The van der Waals surface area contributed by atoms with Crippen LogP contribution >= 0.6 is 0 Å². The van der Waals surface area contributed by atoms with Crippen LogP contribution in [0.3, 0.4) is 0 Å². The fourth-order valence-corrected chi connectivity index (χ4v) is 2.44. The summed E-state index contributed by atoms with van der Waals surface area (Å²) in [5.74, 6) is -1.45. The Balaban J connectivity index is 1.72. The van der Waals surface area contributed by atoms with E-state index in [0.29, 0.717) is 22.6 Å². The van der Waals surface area contributed by atoms with E-state index in [2.05, 4.69) is 12.2 Å². The number of hydrogen-bond donors (Lipinski definition) is 2. The minimum absolute atomic E-state index is 0.0899. The molecule has 3 rings (SSSR count). The molecule has 0 heterocycles. The Labute approximate surface area is 155 Å². The molecule has 0 atom stereocenters. The lowest BCUT2D eigenvalue weighted by Gasteiger charge is -2.12. The van der Waals surface area contributed by atoms with Crippen molar-refractivity contribution in [2.45, 2.75) is 6.54 Å². The summed E-state index contributed by atoms with van der Waals surface area (Å²) in [4.78, 5) is 12.1. The summed E-state index contributed by atoms with van der Waals surface area (Å²) < 4.78 is 32.4. The van der Waals surface area contributed by atoms with E-state index in [0.717, 1.165) is 6.07 Å². The van der Waals surface area contributed by atoms with Crippen LogP contribution < -0.4 is 10.1 Å². The van der Waals surface area contributed by atoms with E-state index in [1.807, 2.05) is 0 Å². The Kier molecular flexibility index (Phi) is 5.35. The van der Waals surface area contributed by atoms with Crippen LogP contribution in [0.25, 0.3) is 0 Å². The smallest absolute Gasteiger partial charge is 0.258 e. The van der Waals surface area contributed by atoms with E-state index < -0.39 is 23.0 Å². The molecule has 0 spiro atoms. The molecule has 2 N–H and O–H groups in total. The highest BCUT2D eigenvalue weighted by atomic mass is 19.1. The van der Waals surface area contributed by atoms with Crippen LogP contribution in [0.1, 0.15) is 21.5 Å². The molecule has 3 aromatic rings. The zero-order valence-electron chi connectivity index (χ0n) is 14.2. The van der Waals surface area contributed by atoms with Gasteiger partial charge in [0.25, 0.3) is 5.91 Å². The number of nitrogens with one attached hydrogen (secondary N) is 1. The normalized spacial score (nSPS) is 10.5. The van der Waals surface area contributed by atoms with Gasteiger partial charge < -0.3 is 15.2 Å². The van der Waals surface area contributed by atoms with E-state index in [4.69, 9.17) is 4.74 Å². The van der Waals surface area contributed by atoms with E-state index >= 15 is 0 Å². The molecule has 0 aromatic heterocycles. The molecule has 4 nitrogen and oxygen atoms in total. The van der Waals surface area contributed by atoms with Crippen molar-refractivity contribution in [2.75, 3.05) is 0 Å². The Hall–Kier alpha value is -3.41. The minimum atomic E-state index is -0.805. The summed E-state index contributed by atoms with van der Waals surface area (Å²) in [5, 5.41) is 12.2. The predicted octanol–water partition coefficient (Wildman–Crippen LogP) is 4.57. The zero-order chi connectivity index (χ0) is 19.4. The third-order valence-corrected chi connectivity index (χ3v) is 3.84. The lowest BCUT2D eigenvalue weighted by Crippen LogP contribution is -2.24. The fourth-order valence-electron chi connectivity index (χ4n) is 2.44. The first-order valence-electron chi connectivity index (χ1n) is 8.08. The molecular weight excluding hydrogens is 352 g/mol. The molecule has 0 saturated heterocycles. The van der Waals surface area contributed by atoms with Crippen LogP contribution in [-0.4, -0.2) is 11.0 Å². The first-order chi connectivity index (χ1) is 12.9. The average molecular weight is 368 g/mol. The van der Waals surface area contributed by atoms with Crippen LogP contribution in [0.15, 0.2) is 60.7 Å². The van der Waals surface area contributed by atoms with Crippen molar-refractivity contribution in [3.8, 4) is 17.2 Å². The Morgan fingerprint density at radius 2 is 1.81 bits per heavy atom. The molecule has 0 aliphatic heterocycles. The van der Waals surface area contributed by atoms with Crippen LogP contribution in [0, 0.1) is 18.6 Å². The summed E-state index contributed by atoms with van der Waals surface area (Å²) in [6.45, 7) is 3.96. The van der Waals surface area contributed by atoms with Crippen LogP contribution in [0.2, 0.25) is 0 Å². The number of carbonyl (C=O) groups excluding carboxylic acids is 1. The maximum absolute atomic E-state index is 13.7. The molecular formula is C21H16F2NO3. The quantitative estimate of drug-likeness (QED) is 0.693. The maximum atomic E-state index is 13.7. The summed E-state index contributed by atoms with van der Waals surface area (Å²) in [6.07, 6.45) is 0. The highest BCUT2D eigenvalue weighted by Crippen LogP contribution is 2.26. The number of halogens is 2. The average Bonchev–Trinajstić information content (AvgIpc) is 2.64. The third kappa shape index (κ3) is 4.41. The minimum Gasteiger partial charge on any atom is -0.507 e. The van der Waals surface area contributed by atoms with Crippen molar-refractivity contribution in [1.29, 1.82) is 0 Å². The highest BCUT2D eigenvalue weighted by Gasteiger charge is 2.16. The number of aromatic hydroxyl groups is 1. The summed E-state index contributed by atoms with van der Waals surface area (Å²) in [5.41, 5.74) is 0.888. The van der Waals surface area contributed by atoms with Gasteiger partial charge in [-0.05, 0) is 60.5 Å². The first-order valence-corrected chi connectivity index (χ1v) is 8.08. The third-order valence-electron chi connectivity index (χ3n) is 3.84. The number of benzene rings is 3. The van der Waals surface area contributed by atoms with Gasteiger partial charge in [0.15, 0.2) is 0 Å². The zero-order valence-corrected chi connectivity index (χ0v) is 14.2. The Bertz CT molecular complexity index is 951. The summed E-state index contributed by atoms with van der Waals surface area (Å²) in [6, 6.07) is 14.3. The van der Waals surface area contributed by atoms with E-state index in [1.54, 1.807) is 18.2 Å². The van der Waals surface area contributed by atoms with E-state index in [1.165, 1.54) is 36.4 Å². The van der Waals surface area contributed by atoms with Crippen molar-refractivity contribution >= 4 is 5.91 Å². The second kappa shape index (κ2) is 7.86.